The highest BCUT2D eigenvalue weighted by Crippen LogP contribution is 2.26. The Balaban J connectivity index is 2.17. The van der Waals surface area contributed by atoms with E-state index in [1.54, 1.807) is 12.4 Å². The maximum Gasteiger partial charge on any atom is 0.0841 e. The molecule has 1 unspecified atom stereocenters. The highest BCUT2D eigenvalue weighted by Gasteiger charge is 2.11. The van der Waals surface area contributed by atoms with E-state index in [0.717, 1.165) is 15.6 Å². The van der Waals surface area contributed by atoms with Crippen molar-refractivity contribution in [3.63, 3.8) is 0 Å². The summed E-state index contributed by atoms with van der Waals surface area (Å²) in [6.45, 7) is 2.03. The van der Waals surface area contributed by atoms with Crippen molar-refractivity contribution in [1.29, 1.82) is 0 Å². The van der Waals surface area contributed by atoms with Crippen LogP contribution in [0.5, 0.6) is 0 Å². The minimum atomic E-state index is -0.505. The zero-order valence-electron chi connectivity index (χ0n) is 9.60. The van der Waals surface area contributed by atoms with Crippen LogP contribution in [0.3, 0.4) is 0 Å². The van der Waals surface area contributed by atoms with Crippen LogP contribution in [-0.4, -0.2) is 10.1 Å². The molecule has 0 saturated carbocycles. The molecule has 0 fully saturated rings. The molecule has 0 radical (unpaired) electrons. The Morgan fingerprint density at radius 3 is 2.82 bits per heavy atom. The molecule has 1 N–H and O–H groups in total. The predicted octanol–water partition coefficient (Wildman–Crippen LogP) is 3.43. The summed E-state index contributed by atoms with van der Waals surface area (Å²) in [7, 11) is 0. The molecule has 1 aromatic heterocycles. The second-order valence-corrected chi connectivity index (χ2v) is 4.96. The van der Waals surface area contributed by atoms with Gasteiger partial charge < -0.3 is 5.11 Å². The van der Waals surface area contributed by atoms with Crippen LogP contribution >= 0.6 is 15.9 Å². The van der Waals surface area contributed by atoms with Gasteiger partial charge in [-0.2, -0.15) is 0 Å². The summed E-state index contributed by atoms with van der Waals surface area (Å²) in [6.07, 6.45) is 3.59. The molecule has 1 atom stereocenters. The summed E-state index contributed by atoms with van der Waals surface area (Å²) >= 11 is 3.49. The van der Waals surface area contributed by atoms with Crippen LogP contribution < -0.4 is 0 Å². The fourth-order valence-electron chi connectivity index (χ4n) is 1.75. The Morgan fingerprint density at radius 1 is 1.35 bits per heavy atom. The fourth-order valence-corrected chi connectivity index (χ4v) is 2.51. The first-order valence-electron chi connectivity index (χ1n) is 5.50. The summed E-state index contributed by atoms with van der Waals surface area (Å²) in [4.78, 5) is 4.05. The van der Waals surface area contributed by atoms with Gasteiger partial charge in [-0.15, -0.1) is 0 Å². The number of hydrogen-bond donors (Lipinski definition) is 1. The van der Waals surface area contributed by atoms with E-state index in [-0.39, 0.29) is 0 Å². The minimum Gasteiger partial charge on any atom is -0.388 e. The van der Waals surface area contributed by atoms with Gasteiger partial charge >= 0.3 is 0 Å². The van der Waals surface area contributed by atoms with Crippen LogP contribution in [0.25, 0.3) is 0 Å². The Bertz CT molecular complexity index is 499. The summed E-state index contributed by atoms with van der Waals surface area (Å²) in [5.41, 5.74) is 3.13. The number of hydrogen-bond acceptors (Lipinski definition) is 2. The average Bonchev–Trinajstić information content (AvgIpc) is 2.30. The van der Waals surface area contributed by atoms with Crippen LogP contribution in [0.1, 0.15) is 22.8 Å². The van der Waals surface area contributed by atoms with Gasteiger partial charge in [0.15, 0.2) is 0 Å². The van der Waals surface area contributed by atoms with Gasteiger partial charge in [-0.1, -0.05) is 34.1 Å². The van der Waals surface area contributed by atoms with Crippen molar-refractivity contribution in [3.05, 3.63) is 63.9 Å². The third-order valence-electron chi connectivity index (χ3n) is 2.67. The predicted molar refractivity (Wildman–Crippen MR) is 71.8 cm³/mol. The molecule has 3 heteroatoms. The third kappa shape index (κ3) is 3.14. The lowest BCUT2D eigenvalue weighted by Crippen LogP contribution is -2.03. The Kier molecular flexibility index (Phi) is 3.92. The molecule has 0 aliphatic heterocycles. The van der Waals surface area contributed by atoms with Gasteiger partial charge in [-0.25, -0.2) is 0 Å². The van der Waals surface area contributed by atoms with E-state index >= 15 is 0 Å². The van der Waals surface area contributed by atoms with Crippen LogP contribution in [0.2, 0.25) is 0 Å². The molecule has 17 heavy (non-hydrogen) atoms. The lowest BCUT2D eigenvalue weighted by molar-refractivity contribution is 0.177. The molecule has 1 heterocycles. The first-order chi connectivity index (χ1) is 8.16. The van der Waals surface area contributed by atoms with Crippen molar-refractivity contribution in [2.24, 2.45) is 0 Å². The van der Waals surface area contributed by atoms with Crippen molar-refractivity contribution < 1.29 is 5.11 Å². The first kappa shape index (κ1) is 12.3. The molecule has 0 bridgehead atoms. The highest BCUT2D eigenvalue weighted by molar-refractivity contribution is 9.10. The second kappa shape index (κ2) is 5.43. The lowest BCUT2D eigenvalue weighted by atomic mass is 10.0. The zero-order chi connectivity index (χ0) is 12.3. The molecule has 2 nitrogen and oxygen atoms in total. The van der Waals surface area contributed by atoms with Gasteiger partial charge in [-0.3, -0.25) is 4.98 Å². The Morgan fingerprint density at radius 2 is 2.18 bits per heavy atom. The van der Waals surface area contributed by atoms with E-state index in [2.05, 4.69) is 20.9 Å². The number of aryl methyl sites for hydroxylation is 1. The van der Waals surface area contributed by atoms with E-state index in [0.29, 0.717) is 6.42 Å². The smallest absolute Gasteiger partial charge is 0.0841 e. The molecule has 2 rings (SSSR count). The number of halogens is 1. The van der Waals surface area contributed by atoms with E-state index in [9.17, 15) is 5.11 Å². The standard InChI is InChI=1S/C14H14BrNO/c1-10-4-5-12(13(15)7-10)14(17)8-11-3-2-6-16-9-11/h2-7,9,14,17H,8H2,1H3. The number of benzene rings is 1. The summed E-state index contributed by atoms with van der Waals surface area (Å²) < 4.78 is 0.953. The fraction of sp³-hybridized carbons (Fsp3) is 0.214. The van der Waals surface area contributed by atoms with Crippen molar-refractivity contribution >= 4 is 15.9 Å². The van der Waals surface area contributed by atoms with Crippen molar-refractivity contribution in [3.8, 4) is 0 Å². The van der Waals surface area contributed by atoms with Crippen LogP contribution in [0.4, 0.5) is 0 Å². The van der Waals surface area contributed by atoms with Gasteiger partial charge in [0.2, 0.25) is 0 Å². The monoisotopic (exact) mass is 291 g/mol. The Labute approximate surface area is 109 Å². The molecule has 0 aliphatic rings. The first-order valence-corrected chi connectivity index (χ1v) is 6.29. The molecular formula is C14H14BrNO. The quantitative estimate of drug-likeness (QED) is 0.940. The number of aliphatic hydroxyl groups is 1. The number of aromatic nitrogens is 1. The highest BCUT2D eigenvalue weighted by atomic mass is 79.9. The van der Waals surface area contributed by atoms with Gasteiger partial charge in [0.25, 0.3) is 0 Å². The van der Waals surface area contributed by atoms with Gasteiger partial charge in [0, 0.05) is 23.3 Å². The topological polar surface area (TPSA) is 33.1 Å². The average molecular weight is 292 g/mol. The van der Waals surface area contributed by atoms with Crippen molar-refractivity contribution in [2.45, 2.75) is 19.4 Å². The zero-order valence-corrected chi connectivity index (χ0v) is 11.2. The van der Waals surface area contributed by atoms with Crippen LogP contribution in [0.15, 0.2) is 47.2 Å². The van der Waals surface area contributed by atoms with Gasteiger partial charge in [0.05, 0.1) is 6.10 Å². The molecule has 88 valence electrons. The molecule has 0 spiro atoms. The Hall–Kier alpha value is -1.19. The number of aliphatic hydroxyl groups excluding tert-OH is 1. The number of nitrogens with zero attached hydrogens (tertiary/aromatic N) is 1. The second-order valence-electron chi connectivity index (χ2n) is 4.11. The summed E-state index contributed by atoms with van der Waals surface area (Å²) in [6, 6.07) is 9.83. The molecule has 0 amide bonds. The van der Waals surface area contributed by atoms with E-state index in [1.807, 2.05) is 37.3 Å². The molecule has 0 saturated heterocycles. The molecular weight excluding hydrogens is 278 g/mol. The van der Waals surface area contributed by atoms with Crippen molar-refractivity contribution in [1.82, 2.24) is 4.98 Å². The largest absolute Gasteiger partial charge is 0.388 e. The summed E-state index contributed by atoms with van der Waals surface area (Å²) in [5.74, 6) is 0. The van der Waals surface area contributed by atoms with Crippen LogP contribution in [0, 0.1) is 6.92 Å². The third-order valence-corrected chi connectivity index (χ3v) is 3.35. The maximum absolute atomic E-state index is 10.2. The number of rotatable bonds is 3. The van der Waals surface area contributed by atoms with Crippen molar-refractivity contribution in [2.75, 3.05) is 0 Å². The summed E-state index contributed by atoms with van der Waals surface area (Å²) in [5, 5.41) is 10.2. The maximum atomic E-state index is 10.2. The van der Waals surface area contributed by atoms with Crippen LogP contribution in [-0.2, 0) is 6.42 Å². The number of pyridine rings is 1. The molecule has 1 aromatic carbocycles. The minimum absolute atomic E-state index is 0.505. The SMILES string of the molecule is Cc1ccc(C(O)Cc2cccnc2)c(Br)c1. The van der Waals surface area contributed by atoms with E-state index in [1.165, 1.54) is 5.56 Å². The van der Waals surface area contributed by atoms with E-state index < -0.39 is 6.10 Å². The molecule has 0 aliphatic carbocycles. The van der Waals surface area contributed by atoms with E-state index in [4.69, 9.17) is 0 Å². The molecule has 2 aromatic rings. The van der Waals surface area contributed by atoms with Gasteiger partial charge in [-0.05, 0) is 35.7 Å². The normalized spacial score (nSPS) is 12.4. The lowest BCUT2D eigenvalue weighted by Gasteiger charge is -2.13. The van der Waals surface area contributed by atoms with Gasteiger partial charge in [0.1, 0.15) is 0 Å².